The van der Waals surface area contributed by atoms with E-state index in [2.05, 4.69) is 31.3 Å². The van der Waals surface area contributed by atoms with Gasteiger partial charge in [0.1, 0.15) is 5.75 Å². The number of anilines is 1. The Bertz CT molecular complexity index is 613. The van der Waals surface area contributed by atoms with Gasteiger partial charge < -0.3 is 27.4 Å². The molecule has 0 atom stereocenters. The molecule has 0 radical (unpaired) electrons. The fourth-order valence-corrected chi connectivity index (χ4v) is 2.50. The number of benzene rings is 2. The molecule has 0 aliphatic heterocycles. The van der Waals surface area contributed by atoms with E-state index >= 15 is 0 Å². The van der Waals surface area contributed by atoms with Gasteiger partial charge in [0.25, 0.3) is 5.91 Å². The molecule has 2 aromatic rings. The molecule has 4 nitrogen and oxygen atoms in total. The Hall–Kier alpha value is -2.04. The lowest BCUT2D eigenvalue weighted by molar-refractivity contribution is -0.888. The first-order valence-electron chi connectivity index (χ1n) is 8.61. The number of nitrogens with one attached hydrogen (secondary N) is 2. The average Bonchev–Trinajstić information content (AvgIpc) is 2.62. The zero-order chi connectivity index (χ0) is 17.2. The van der Waals surface area contributed by atoms with Crippen LogP contribution < -0.4 is 27.4 Å². The third kappa shape index (κ3) is 7.59. The summed E-state index contributed by atoms with van der Waals surface area (Å²) in [7, 11) is 0. The number of rotatable bonds is 9. The van der Waals surface area contributed by atoms with Gasteiger partial charge in [-0.1, -0.05) is 30.3 Å². The molecule has 5 heteroatoms. The Morgan fingerprint density at radius 3 is 2.24 bits per heavy atom. The maximum atomic E-state index is 12.0. The van der Waals surface area contributed by atoms with Gasteiger partial charge in [-0.05, 0) is 43.7 Å². The van der Waals surface area contributed by atoms with Crippen molar-refractivity contribution in [1.29, 1.82) is 0 Å². The highest BCUT2D eigenvalue weighted by Crippen LogP contribution is 2.16. The number of carbonyl (C=O) groups is 1. The molecular formula is C20H27ClN2O2. The Kier molecular flexibility index (Phi) is 9.66. The van der Waals surface area contributed by atoms with E-state index in [9.17, 15) is 4.79 Å². The highest BCUT2D eigenvalue weighted by atomic mass is 35.5. The van der Waals surface area contributed by atoms with E-state index in [4.69, 9.17) is 4.74 Å². The molecule has 2 rings (SSSR count). The number of hydrogen-bond donors (Lipinski definition) is 2. The second kappa shape index (κ2) is 11.5. The molecule has 1 amide bonds. The van der Waals surface area contributed by atoms with E-state index in [-0.39, 0.29) is 18.3 Å². The van der Waals surface area contributed by atoms with E-state index in [0.29, 0.717) is 13.2 Å². The largest absolute Gasteiger partial charge is 1.00 e. The van der Waals surface area contributed by atoms with Crippen LogP contribution in [0.1, 0.15) is 19.4 Å². The zero-order valence-electron chi connectivity index (χ0n) is 14.9. The normalized spacial score (nSPS) is 10.2. The van der Waals surface area contributed by atoms with Gasteiger partial charge in [-0.3, -0.25) is 4.79 Å². The molecule has 0 heterocycles. The number of hydrogen-bond acceptors (Lipinski definition) is 2. The predicted molar refractivity (Wildman–Crippen MR) is 97.6 cm³/mol. The number of quaternary nitrogens is 1. The maximum absolute atomic E-state index is 12.0. The first-order valence-corrected chi connectivity index (χ1v) is 8.61. The van der Waals surface area contributed by atoms with Crippen LogP contribution in [0.15, 0.2) is 54.6 Å². The minimum Gasteiger partial charge on any atom is -1.00 e. The van der Waals surface area contributed by atoms with Crippen molar-refractivity contribution in [3.05, 3.63) is 60.2 Å². The molecule has 2 aromatic carbocycles. The van der Waals surface area contributed by atoms with Crippen molar-refractivity contribution in [3.8, 4) is 5.75 Å². The minimum atomic E-state index is 0. The van der Waals surface area contributed by atoms with Crippen LogP contribution in [0.5, 0.6) is 5.75 Å². The first kappa shape index (κ1) is 21.0. The highest BCUT2D eigenvalue weighted by Gasteiger charge is 2.10. The predicted octanol–water partition coefficient (Wildman–Crippen LogP) is -0.825. The van der Waals surface area contributed by atoms with Crippen LogP contribution >= 0.6 is 0 Å². The summed E-state index contributed by atoms with van der Waals surface area (Å²) in [6.45, 7) is 7.24. The Labute approximate surface area is 156 Å². The summed E-state index contributed by atoms with van der Waals surface area (Å²) in [5, 5.41) is 2.93. The van der Waals surface area contributed by atoms with Crippen LogP contribution in [0.25, 0.3) is 0 Å². The van der Waals surface area contributed by atoms with E-state index in [1.807, 2.05) is 42.5 Å². The van der Waals surface area contributed by atoms with E-state index in [1.165, 1.54) is 10.5 Å². The van der Waals surface area contributed by atoms with Crippen molar-refractivity contribution >= 4 is 11.6 Å². The van der Waals surface area contributed by atoms with Gasteiger partial charge in [0, 0.05) is 12.1 Å². The van der Waals surface area contributed by atoms with Gasteiger partial charge in [-0.2, -0.15) is 0 Å². The van der Waals surface area contributed by atoms with E-state index < -0.39 is 0 Å². The molecule has 0 saturated heterocycles. The number of carbonyl (C=O) groups excluding carboxylic acids is 1. The van der Waals surface area contributed by atoms with Gasteiger partial charge in [-0.15, -0.1) is 0 Å². The third-order valence-corrected chi connectivity index (χ3v) is 4.05. The summed E-state index contributed by atoms with van der Waals surface area (Å²) >= 11 is 0. The zero-order valence-corrected chi connectivity index (χ0v) is 15.7. The quantitative estimate of drug-likeness (QED) is 0.612. The maximum Gasteiger partial charge on any atom is 0.279 e. The lowest BCUT2D eigenvalue weighted by Crippen LogP contribution is -3.12. The molecule has 2 N–H and O–H groups in total. The highest BCUT2D eigenvalue weighted by molar-refractivity contribution is 5.91. The van der Waals surface area contributed by atoms with E-state index in [0.717, 1.165) is 30.9 Å². The number of ether oxygens (including phenoxy) is 1. The molecule has 0 aliphatic rings. The minimum absolute atomic E-state index is 0. The Balaban J connectivity index is 0.00000312. The number of likely N-dealkylation sites (N-methyl/N-ethyl adjacent to an activating group) is 1. The summed E-state index contributed by atoms with van der Waals surface area (Å²) in [4.78, 5) is 13.3. The summed E-state index contributed by atoms with van der Waals surface area (Å²) in [6.07, 6.45) is 0.881. The van der Waals surface area contributed by atoms with Crippen LogP contribution in [-0.2, 0) is 11.2 Å². The Morgan fingerprint density at radius 1 is 1.00 bits per heavy atom. The molecule has 136 valence electrons. The number of amides is 1. The monoisotopic (exact) mass is 362 g/mol. The van der Waals surface area contributed by atoms with Crippen molar-refractivity contribution in [2.24, 2.45) is 0 Å². The summed E-state index contributed by atoms with van der Waals surface area (Å²) in [5.41, 5.74) is 2.07. The van der Waals surface area contributed by atoms with Crippen molar-refractivity contribution < 1.29 is 26.8 Å². The second-order valence-electron chi connectivity index (χ2n) is 5.79. The summed E-state index contributed by atoms with van der Waals surface area (Å²) in [5.74, 6) is 0.866. The van der Waals surface area contributed by atoms with E-state index in [1.54, 1.807) is 0 Å². The first-order chi connectivity index (χ1) is 11.7. The fourth-order valence-electron chi connectivity index (χ4n) is 2.50. The van der Waals surface area contributed by atoms with Gasteiger partial charge in [0.15, 0.2) is 6.54 Å². The topological polar surface area (TPSA) is 42.8 Å². The summed E-state index contributed by atoms with van der Waals surface area (Å²) < 4.78 is 5.75. The molecule has 25 heavy (non-hydrogen) atoms. The van der Waals surface area contributed by atoms with Crippen molar-refractivity contribution in [3.63, 3.8) is 0 Å². The Morgan fingerprint density at radius 2 is 1.64 bits per heavy atom. The van der Waals surface area contributed by atoms with Crippen LogP contribution in [0.2, 0.25) is 0 Å². The van der Waals surface area contributed by atoms with Crippen LogP contribution in [0, 0.1) is 0 Å². The molecule has 0 fully saturated rings. The molecule has 0 aromatic heterocycles. The standard InChI is InChI=1S/C20H26N2O2.ClH/c1-3-22(4-2)16-20(23)21-18-10-12-19(13-11-18)24-15-14-17-8-6-5-7-9-17;/h5-13H,3-4,14-16H2,1-2H3,(H,21,23);1H. The second-order valence-corrected chi connectivity index (χ2v) is 5.79. The van der Waals surface area contributed by atoms with Crippen LogP contribution in [-0.4, -0.2) is 32.1 Å². The number of halogens is 1. The smallest absolute Gasteiger partial charge is 0.279 e. The summed E-state index contributed by atoms with van der Waals surface area (Å²) in [6, 6.07) is 17.8. The van der Waals surface area contributed by atoms with Gasteiger partial charge >= 0.3 is 0 Å². The average molecular weight is 363 g/mol. The van der Waals surface area contributed by atoms with Crippen molar-refractivity contribution in [2.45, 2.75) is 20.3 Å². The van der Waals surface area contributed by atoms with Gasteiger partial charge in [0.05, 0.1) is 19.7 Å². The van der Waals surface area contributed by atoms with Gasteiger partial charge in [-0.25, -0.2) is 0 Å². The molecule has 0 saturated carbocycles. The van der Waals surface area contributed by atoms with Crippen LogP contribution in [0.4, 0.5) is 5.69 Å². The molecule has 0 aliphatic carbocycles. The SMILES string of the molecule is CC[NH+](CC)CC(=O)Nc1ccc(OCCc2ccccc2)cc1.[Cl-]. The van der Waals surface area contributed by atoms with Crippen LogP contribution in [0.3, 0.4) is 0 Å². The van der Waals surface area contributed by atoms with Crippen molar-refractivity contribution in [2.75, 3.05) is 31.6 Å². The van der Waals surface area contributed by atoms with Gasteiger partial charge in [0.2, 0.25) is 0 Å². The van der Waals surface area contributed by atoms with Crippen molar-refractivity contribution in [1.82, 2.24) is 0 Å². The fraction of sp³-hybridized carbons (Fsp3) is 0.350. The third-order valence-electron chi connectivity index (χ3n) is 4.05. The molecular weight excluding hydrogens is 336 g/mol. The molecule has 0 spiro atoms. The molecule has 0 unspecified atom stereocenters. The lowest BCUT2D eigenvalue weighted by atomic mass is 10.2. The lowest BCUT2D eigenvalue weighted by Gasteiger charge is -2.15. The molecule has 0 bridgehead atoms.